The lowest BCUT2D eigenvalue weighted by atomic mass is 9.98. The summed E-state index contributed by atoms with van der Waals surface area (Å²) in [6.07, 6.45) is -7.59. The van der Waals surface area contributed by atoms with Crippen LogP contribution in [-0.4, -0.2) is 169 Å². The molecule has 5 saturated heterocycles. The highest BCUT2D eigenvalue weighted by Gasteiger charge is 2.48. The van der Waals surface area contributed by atoms with E-state index >= 15 is 0 Å². The van der Waals surface area contributed by atoms with Crippen molar-refractivity contribution >= 4 is 0 Å². The molecular weight excluding hydrogens is 676 g/mol. The second-order valence-electron chi connectivity index (χ2n) is 14.3. The minimum atomic E-state index is -0.903. The molecule has 5 heterocycles. The van der Waals surface area contributed by atoms with Gasteiger partial charge in [-0.05, 0) is 34.6 Å². The number of ether oxygens (including phenoxy) is 14. The number of aliphatic hydroxyl groups is 2. The van der Waals surface area contributed by atoms with Crippen LogP contribution in [-0.2, 0) is 66.3 Å². The van der Waals surface area contributed by atoms with Crippen LogP contribution in [0.15, 0.2) is 0 Å². The number of methoxy groups -OCH3 is 5. The predicted molar refractivity (Wildman–Crippen MR) is 176 cm³/mol. The Morgan fingerprint density at radius 3 is 0.980 bits per heavy atom. The first kappa shape index (κ1) is 41.5. The van der Waals surface area contributed by atoms with E-state index in [1.54, 1.807) is 42.5 Å². The third kappa shape index (κ3) is 9.97. The van der Waals surface area contributed by atoms with Crippen LogP contribution >= 0.6 is 0 Å². The van der Waals surface area contributed by atoms with Crippen molar-refractivity contribution in [2.45, 2.75) is 190 Å². The minimum Gasteiger partial charge on any atom is -0.388 e. The summed E-state index contributed by atoms with van der Waals surface area (Å²) in [4.78, 5) is 0. The third-order valence-corrected chi connectivity index (χ3v) is 10.9. The van der Waals surface area contributed by atoms with E-state index in [0.29, 0.717) is 32.1 Å². The Kier molecular flexibility index (Phi) is 15.3. The van der Waals surface area contributed by atoms with Crippen LogP contribution in [0.2, 0.25) is 0 Å². The van der Waals surface area contributed by atoms with Crippen molar-refractivity contribution in [3.05, 3.63) is 0 Å². The van der Waals surface area contributed by atoms with Gasteiger partial charge in [-0.1, -0.05) is 0 Å². The fourth-order valence-electron chi connectivity index (χ4n) is 8.02. The maximum absolute atomic E-state index is 10.4. The molecular formula is C35H62O16. The molecule has 0 aromatic rings. The van der Waals surface area contributed by atoms with E-state index in [1.165, 1.54) is 0 Å². The predicted octanol–water partition coefficient (Wildman–Crippen LogP) is 1.63. The summed E-state index contributed by atoms with van der Waals surface area (Å²) in [7, 11) is 8.08. The number of aliphatic hydroxyl groups excluding tert-OH is 2. The highest BCUT2D eigenvalue weighted by Crippen LogP contribution is 2.36. The molecule has 0 saturated carbocycles. The normalized spacial score (nSPS) is 49.9. The highest BCUT2D eigenvalue weighted by atomic mass is 16.8. The van der Waals surface area contributed by atoms with Gasteiger partial charge in [-0.15, -0.1) is 0 Å². The molecule has 51 heavy (non-hydrogen) atoms. The van der Waals surface area contributed by atoms with Gasteiger partial charge in [0.25, 0.3) is 0 Å². The van der Waals surface area contributed by atoms with Crippen molar-refractivity contribution in [2.75, 3.05) is 35.5 Å². The van der Waals surface area contributed by atoms with Gasteiger partial charge in [0.15, 0.2) is 31.5 Å². The van der Waals surface area contributed by atoms with Gasteiger partial charge in [-0.3, -0.25) is 0 Å². The summed E-state index contributed by atoms with van der Waals surface area (Å²) in [6.45, 7) is 9.40. The van der Waals surface area contributed by atoms with Crippen molar-refractivity contribution in [2.24, 2.45) is 0 Å². The van der Waals surface area contributed by atoms with Crippen LogP contribution in [0.4, 0.5) is 0 Å². The fraction of sp³-hybridized carbons (Fsp3) is 1.00. The first-order chi connectivity index (χ1) is 24.4. The third-order valence-electron chi connectivity index (χ3n) is 10.9. The lowest BCUT2D eigenvalue weighted by Crippen LogP contribution is -2.58. The average molecular weight is 739 g/mol. The summed E-state index contributed by atoms with van der Waals surface area (Å²) >= 11 is 0. The molecule has 5 rings (SSSR count). The summed E-state index contributed by atoms with van der Waals surface area (Å²) in [5, 5.41) is 20.4. The molecule has 5 aliphatic heterocycles. The molecule has 20 atom stereocenters. The molecule has 0 aliphatic carbocycles. The molecule has 5 aliphatic rings. The van der Waals surface area contributed by atoms with Gasteiger partial charge in [0.2, 0.25) is 0 Å². The Labute approximate surface area is 301 Å². The molecule has 16 heteroatoms. The van der Waals surface area contributed by atoms with Crippen LogP contribution in [0.1, 0.15) is 66.7 Å². The zero-order chi connectivity index (χ0) is 37.0. The van der Waals surface area contributed by atoms with Crippen LogP contribution in [0, 0.1) is 0 Å². The zero-order valence-corrected chi connectivity index (χ0v) is 31.7. The molecule has 0 amide bonds. The summed E-state index contributed by atoms with van der Waals surface area (Å²) in [6, 6.07) is 0. The Morgan fingerprint density at radius 1 is 0.373 bits per heavy atom. The fourth-order valence-corrected chi connectivity index (χ4v) is 8.02. The topological polar surface area (TPSA) is 170 Å². The largest absolute Gasteiger partial charge is 0.388 e. The maximum Gasteiger partial charge on any atom is 0.161 e. The van der Waals surface area contributed by atoms with Gasteiger partial charge >= 0.3 is 0 Å². The molecule has 16 nitrogen and oxygen atoms in total. The van der Waals surface area contributed by atoms with Crippen LogP contribution < -0.4 is 0 Å². The highest BCUT2D eigenvalue weighted by molar-refractivity contribution is 4.91. The van der Waals surface area contributed by atoms with E-state index in [9.17, 15) is 10.2 Å². The molecule has 0 unspecified atom stereocenters. The van der Waals surface area contributed by atoms with E-state index in [1.807, 2.05) is 27.7 Å². The van der Waals surface area contributed by atoms with Crippen molar-refractivity contribution in [1.82, 2.24) is 0 Å². The maximum atomic E-state index is 10.4. The molecule has 298 valence electrons. The molecule has 0 aromatic heterocycles. The van der Waals surface area contributed by atoms with Crippen LogP contribution in [0.3, 0.4) is 0 Å². The van der Waals surface area contributed by atoms with Crippen LogP contribution in [0.5, 0.6) is 0 Å². The second-order valence-corrected chi connectivity index (χ2v) is 14.3. The Hall–Kier alpha value is -0.640. The van der Waals surface area contributed by atoms with E-state index in [2.05, 4.69) is 0 Å². The van der Waals surface area contributed by atoms with Crippen molar-refractivity contribution in [1.29, 1.82) is 0 Å². The standard InChI is InChI=1S/C35H62O16/c1-16-31(37)21(38-6)12-27(44-16)48-33-18(3)46-29(14-23(33)40-8)50-35-20(5)47-30(15-25(35)42-10)51-34-19(4)45-28(13-24(34)41-9)49-32-17(2)43-26(36)11-22(32)39-7/h16-37H,11-15H2,1-10H3/t16-,17-,18-,19-,20-,21+,22+,23+,24+,25+,26-,27-,28-,29+,30-,31-,32-,33-,34-,35-/m0/s1. The molecule has 2 N–H and O–H groups in total. The van der Waals surface area contributed by atoms with E-state index in [-0.39, 0.29) is 42.7 Å². The lowest BCUT2D eigenvalue weighted by Gasteiger charge is -2.47. The number of hydrogen-bond donors (Lipinski definition) is 2. The zero-order valence-electron chi connectivity index (χ0n) is 31.7. The quantitative estimate of drug-likeness (QED) is 0.279. The molecule has 0 aromatic carbocycles. The van der Waals surface area contributed by atoms with Gasteiger partial charge < -0.3 is 76.5 Å². The SMILES string of the molecule is CO[C@@H]1C[C@H](O[C@H]2[C@H](C)O[C@H](O[C@H]3[C@H](C)O[C@@H](O[C@H]4[C@H](C)O[C@@H](O[C@H]5[C@H](C)O[C@H](O)C[C@H]5OC)C[C@H]4OC)C[C@H]3OC)C[C@H]2OC)O[C@@H](C)[C@@H]1O. The van der Waals surface area contributed by atoms with Gasteiger partial charge in [-0.25, -0.2) is 0 Å². The van der Waals surface area contributed by atoms with E-state index < -0.39 is 80.3 Å². The van der Waals surface area contributed by atoms with Gasteiger partial charge in [0.1, 0.15) is 30.5 Å². The summed E-state index contributed by atoms with van der Waals surface area (Å²) < 4.78 is 84.9. The first-order valence-corrected chi connectivity index (χ1v) is 18.3. The summed E-state index contributed by atoms with van der Waals surface area (Å²) in [5.74, 6) is 0. The molecule has 0 radical (unpaired) electrons. The first-order valence-electron chi connectivity index (χ1n) is 18.3. The molecule has 5 fully saturated rings. The van der Waals surface area contributed by atoms with Gasteiger partial charge in [0.05, 0.1) is 61.0 Å². The summed E-state index contributed by atoms with van der Waals surface area (Å²) in [5.41, 5.74) is 0. The van der Waals surface area contributed by atoms with Crippen LogP contribution in [0.25, 0.3) is 0 Å². The van der Waals surface area contributed by atoms with E-state index in [4.69, 9.17) is 66.3 Å². The Morgan fingerprint density at radius 2 is 0.647 bits per heavy atom. The van der Waals surface area contributed by atoms with Crippen molar-refractivity contribution in [3.8, 4) is 0 Å². The van der Waals surface area contributed by atoms with Crippen molar-refractivity contribution < 1.29 is 76.5 Å². The Bertz CT molecular complexity index is 1040. The molecule has 0 bridgehead atoms. The number of rotatable bonds is 13. The number of hydrogen-bond acceptors (Lipinski definition) is 16. The average Bonchev–Trinajstić information content (AvgIpc) is 3.10. The lowest BCUT2D eigenvalue weighted by molar-refractivity contribution is -0.351. The smallest absolute Gasteiger partial charge is 0.161 e. The second kappa shape index (κ2) is 18.8. The van der Waals surface area contributed by atoms with Gasteiger partial charge in [-0.2, -0.15) is 0 Å². The molecule has 0 spiro atoms. The monoisotopic (exact) mass is 738 g/mol. The van der Waals surface area contributed by atoms with E-state index in [0.717, 1.165) is 0 Å². The Balaban J connectivity index is 1.14. The van der Waals surface area contributed by atoms with Crippen molar-refractivity contribution in [3.63, 3.8) is 0 Å². The minimum absolute atomic E-state index is 0.306. The van der Waals surface area contributed by atoms with Gasteiger partial charge in [0, 0.05) is 67.7 Å².